The first-order valence-corrected chi connectivity index (χ1v) is 9.42. The summed E-state index contributed by atoms with van der Waals surface area (Å²) in [7, 11) is -3.33. The number of rotatable bonds is 4. The summed E-state index contributed by atoms with van der Waals surface area (Å²) < 4.78 is 38.1. The SMILES string of the molecule is CS(=O)(=O)c1ccc(-c2cc(C(N)=O)nn2-c2ccc(F)cc2)s1. The molecule has 9 heteroatoms. The van der Waals surface area contributed by atoms with Gasteiger partial charge in [0.05, 0.1) is 16.3 Å². The first-order valence-electron chi connectivity index (χ1n) is 6.72. The summed E-state index contributed by atoms with van der Waals surface area (Å²) in [5.74, 6) is -1.12. The van der Waals surface area contributed by atoms with Gasteiger partial charge in [-0.05, 0) is 42.5 Å². The molecule has 2 heterocycles. The van der Waals surface area contributed by atoms with E-state index in [4.69, 9.17) is 5.73 Å². The number of benzene rings is 1. The fourth-order valence-corrected chi connectivity index (χ4v) is 4.04. The predicted molar refractivity (Wildman–Crippen MR) is 88.5 cm³/mol. The van der Waals surface area contributed by atoms with Gasteiger partial charge in [0.1, 0.15) is 10.0 Å². The van der Waals surface area contributed by atoms with Gasteiger partial charge in [0.2, 0.25) is 0 Å². The second-order valence-corrected chi connectivity index (χ2v) is 8.38. The Morgan fingerprint density at radius 3 is 2.42 bits per heavy atom. The maximum atomic E-state index is 13.1. The summed E-state index contributed by atoms with van der Waals surface area (Å²) in [4.78, 5) is 12.0. The van der Waals surface area contributed by atoms with Crippen molar-refractivity contribution >= 4 is 27.1 Å². The molecular weight excluding hydrogens is 353 g/mol. The van der Waals surface area contributed by atoms with E-state index in [1.807, 2.05) is 0 Å². The highest BCUT2D eigenvalue weighted by molar-refractivity contribution is 7.92. The molecule has 1 amide bonds. The molecular formula is C15H12FN3O3S2. The minimum absolute atomic E-state index is 0.0311. The summed E-state index contributed by atoms with van der Waals surface area (Å²) in [6.45, 7) is 0. The second kappa shape index (κ2) is 5.84. The quantitative estimate of drug-likeness (QED) is 0.767. The molecule has 6 nitrogen and oxygen atoms in total. The van der Waals surface area contributed by atoms with Gasteiger partial charge in [0.15, 0.2) is 15.5 Å². The molecule has 2 aromatic heterocycles. The highest BCUT2D eigenvalue weighted by Crippen LogP contribution is 2.32. The molecule has 0 bridgehead atoms. The molecule has 0 saturated carbocycles. The highest BCUT2D eigenvalue weighted by Gasteiger charge is 2.18. The van der Waals surface area contributed by atoms with Crippen LogP contribution in [0, 0.1) is 5.82 Å². The third-order valence-electron chi connectivity index (χ3n) is 3.23. The Hall–Kier alpha value is -2.52. The van der Waals surface area contributed by atoms with Gasteiger partial charge in [-0.2, -0.15) is 5.10 Å². The molecule has 0 aliphatic rings. The molecule has 24 heavy (non-hydrogen) atoms. The number of aromatic nitrogens is 2. The summed E-state index contributed by atoms with van der Waals surface area (Å²) in [5.41, 5.74) is 6.33. The number of nitrogens with zero attached hydrogens (tertiary/aromatic N) is 2. The van der Waals surface area contributed by atoms with Gasteiger partial charge in [-0.1, -0.05) is 0 Å². The number of carbonyl (C=O) groups is 1. The number of amides is 1. The molecule has 0 saturated heterocycles. The van der Waals surface area contributed by atoms with Crippen LogP contribution < -0.4 is 5.73 Å². The van der Waals surface area contributed by atoms with Gasteiger partial charge < -0.3 is 5.73 Å². The summed E-state index contributed by atoms with van der Waals surface area (Å²) in [5, 5.41) is 4.13. The fraction of sp³-hybridized carbons (Fsp3) is 0.0667. The average Bonchev–Trinajstić information content (AvgIpc) is 3.14. The Balaban J connectivity index is 2.18. The van der Waals surface area contributed by atoms with E-state index in [-0.39, 0.29) is 9.90 Å². The molecule has 0 fully saturated rings. The van der Waals surface area contributed by atoms with E-state index in [0.717, 1.165) is 17.6 Å². The normalized spacial score (nSPS) is 11.6. The van der Waals surface area contributed by atoms with Crippen LogP contribution >= 0.6 is 11.3 Å². The zero-order chi connectivity index (χ0) is 17.5. The Morgan fingerprint density at radius 2 is 1.88 bits per heavy atom. The van der Waals surface area contributed by atoms with Gasteiger partial charge in [-0.25, -0.2) is 17.5 Å². The second-order valence-electron chi connectivity index (χ2n) is 5.06. The first-order chi connectivity index (χ1) is 11.3. The maximum Gasteiger partial charge on any atom is 0.269 e. The monoisotopic (exact) mass is 365 g/mol. The van der Waals surface area contributed by atoms with E-state index < -0.39 is 21.6 Å². The molecule has 124 valence electrons. The summed E-state index contributed by atoms with van der Waals surface area (Å²) in [6, 6.07) is 10.1. The van der Waals surface area contributed by atoms with E-state index in [1.54, 1.807) is 6.07 Å². The minimum atomic E-state index is -3.33. The number of hydrogen-bond donors (Lipinski definition) is 1. The van der Waals surface area contributed by atoms with Crippen molar-refractivity contribution in [2.45, 2.75) is 4.21 Å². The van der Waals surface area contributed by atoms with Crippen molar-refractivity contribution < 1.29 is 17.6 Å². The van der Waals surface area contributed by atoms with Gasteiger partial charge in [0.25, 0.3) is 5.91 Å². The lowest BCUT2D eigenvalue weighted by molar-refractivity contribution is 0.0995. The lowest BCUT2D eigenvalue weighted by Crippen LogP contribution is -2.12. The molecule has 0 spiro atoms. The van der Waals surface area contributed by atoms with Crippen LogP contribution in [-0.2, 0) is 9.84 Å². The van der Waals surface area contributed by atoms with Gasteiger partial charge in [-0.15, -0.1) is 11.3 Å². The van der Waals surface area contributed by atoms with Crippen LogP contribution in [0.3, 0.4) is 0 Å². The Morgan fingerprint density at radius 1 is 1.21 bits per heavy atom. The third-order valence-corrected chi connectivity index (χ3v) is 6.16. The van der Waals surface area contributed by atoms with Crippen molar-refractivity contribution in [1.29, 1.82) is 0 Å². The number of primary amides is 1. The van der Waals surface area contributed by atoms with Crippen LogP contribution in [0.1, 0.15) is 10.5 Å². The molecule has 0 aliphatic carbocycles. The molecule has 1 aromatic carbocycles. The lowest BCUT2D eigenvalue weighted by atomic mass is 10.2. The zero-order valence-corrected chi connectivity index (χ0v) is 14.1. The predicted octanol–water partition coefficient (Wildman–Crippen LogP) is 2.24. The van der Waals surface area contributed by atoms with Crippen LogP contribution in [-0.4, -0.2) is 30.4 Å². The molecule has 3 aromatic rings. The highest BCUT2D eigenvalue weighted by atomic mass is 32.2. The summed E-state index contributed by atoms with van der Waals surface area (Å²) in [6.07, 6.45) is 1.12. The van der Waals surface area contributed by atoms with Gasteiger partial charge >= 0.3 is 0 Å². The summed E-state index contributed by atoms with van der Waals surface area (Å²) >= 11 is 1.05. The van der Waals surface area contributed by atoms with Gasteiger partial charge in [-0.3, -0.25) is 4.79 Å². The molecule has 0 unspecified atom stereocenters. The Bertz CT molecular complexity index is 1020. The van der Waals surface area contributed by atoms with Gasteiger partial charge in [0, 0.05) is 6.26 Å². The minimum Gasteiger partial charge on any atom is -0.364 e. The Kier molecular flexibility index (Phi) is 3.98. The first kappa shape index (κ1) is 16.3. The number of sulfone groups is 1. The van der Waals surface area contributed by atoms with Crippen LogP contribution in [0.2, 0.25) is 0 Å². The largest absolute Gasteiger partial charge is 0.364 e. The maximum absolute atomic E-state index is 13.1. The lowest BCUT2D eigenvalue weighted by Gasteiger charge is -2.05. The van der Waals surface area contributed by atoms with Crippen molar-refractivity contribution in [2.24, 2.45) is 5.73 Å². The number of halogens is 1. The van der Waals surface area contributed by atoms with Crippen LogP contribution in [0.4, 0.5) is 4.39 Å². The van der Waals surface area contributed by atoms with Crippen molar-refractivity contribution in [2.75, 3.05) is 6.26 Å². The molecule has 0 atom stereocenters. The third kappa shape index (κ3) is 3.08. The van der Waals surface area contributed by atoms with Crippen molar-refractivity contribution in [3.05, 3.63) is 54.0 Å². The number of carbonyl (C=O) groups excluding carboxylic acids is 1. The smallest absolute Gasteiger partial charge is 0.269 e. The van der Waals surface area contributed by atoms with Crippen LogP contribution in [0.15, 0.2) is 46.7 Å². The average molecular weight is 365 g/mol. The van der Waals surface area contributed by atoms with E-state index in [1.165, 1.54) is 41.1 Å². The molecule has 0 aliphatic heterocycles. The topological polar surface area (TPSA) is 95.0 Å². The van der Waals surface area contributed by atoms with Crippen LogP contribution in [0.5, 0.6) is 0 Å². The zero-order valence-electron chi connectivity index (χ0n) is 12.4. The molecule has 2 N–H and O–H groups in total. The standard InChI is InChI=1S/C15H12FN3O3S2/c1-24(21,22)14-7-6-13(23-14)12-8-11(15(17)20)18-19(12)10-4-2-9(16)3-5-10/h2-8H,1H3,(H2,17,20). The van der Waals surface area contributed by atoms with E-state index in [2.05, 4.69) is 5.10 Å². The molecule has 0 radical (unpaired) electrons. The number of hydrogen-bond acceptors (Lipinski definition) is 5. The van der Waals surface area contributed by atoms with Crippen molar-refractivity contribution in [3.8, 4) is 16.3 Å². The number of nitrogens with two attached hydrogens (primary N) is 1. The number of thiophene rings is 1. The van der Waals surface area contributed by atoms with E-state index in [9.17, 15) is 17.6 Å². The fourth-order valence-electron chi connectivity index (χ4n) is 2.11. The molecule has 3 rings (SSSR count). The van der Waals surface area contributed by atoms with Crippen molar-refractivity contribution in [3.63, 3.8) is 0 Å². The van der Waals surface area contributed by atoms with E-state index in [0.29, 0.717) is 16.3 Å². The van der Waals surface area contributed by atoms with Crippen LogP contribution in [0.25, 0.3) is 16.3 Å². The Labute approximate surface area is 141 Å². The van der Waals surface area contributed by atoms with Crippen molar-refractivity contribution in [1.82, 2.24) is 9.78 Å². The van der Waals surface area contributed by atoms with E-state index >= 15 is 0 Å².